The average Bonchev–Trinajstić information content (AvgIpc) is 2.70. The predicted molar refractivity (Wildman–Crippen MR) is 108 cm³/mol. The highest BCUT2D eigenvalue weighted by atomic mass is 35.5. The highest BCUT2D eigenvalue weighted by molar-refractivity contribution is 6.30. The number of hydrogen-bond donors (Lipinski definition) is 0. The smallest absolute Gasteiger partial charge is 0.246 e. The molecule has 0 bridgehead atoms. The van der Waals surface area contributed by atoms with Crippen molar-refractivity contribution < 1.29 is 19.0 Å². The molecule has 2 aromatic carbocycles. The Bertz CT molecular complexity index is 877. The summed E-state index contributed by atoms with van der Waals surface area (Å²) in [7, 11) is 3.22. The lowest BCUT2D eigenvalue weighted by Gasteiger charge is -2.15. The molecule has 0 spiro atoms. The van der Waals surface area contributed by atoms with Gasteiger partial charge < -0.3 is 19.1 Å². The first-order valence-corrected chi connectivity index (χ1v) is 8.90. The van der Waals surface area contributed by atoms with Crippen LogP contribution in [-0.4, -0.2) is 44.7 Å². The van der Waals surface area contributed by atoms with Gasteiger partial charge in [-0.15, -0.1) is 0 Å². The Balaban J connectivity index is 1.88. The number of carbonyl (C=O) groups is 1. The maximum Gasteiger partial charge on any atom is 0.246 e. The summed E-state index contributed by atoms with van der Waals surface area (Å²) in [5, 5.41) is 9.20. The van der Waals surface area contributed by atoms with Crippen LogP contribution in [0.25, 0.3) is 6.08 Å². The molecule has 0 saturated heterocycles. The molecule has 0 atom stereocenters. The van der Waals surface area contributed by atoms with Crippen LogP contribution < -0.4 is 14.2 Å². The van der Waals surface area contributed by atoms with Crippen molar-refractivity contribution in [2.75, 3.05) is 33.9 Å². The summed E-state index contributed by atoms with van der Waals surface area (Å²) < 4.78 is 16.1. The van der Waals surface area contributed by atoms with Gasteiger partial charge in [0, 0.05) is 18.1 Å². The summed E-state index contributed by atoms with van der Waals surface area (Å²) in [6.45, 7) is 0.723. The zero-order chi connectivity index (χ0) is 20.4. The van der Waals surface area contributed by atoms with Crippen molar-refractivity contribution in [1.29, 1.82) is 5.26 Å². The molecule has 0 heterocycles. The molecular weight excluding hydrogens is 380 g/mol. The third-order valence-electron chi connectivity index (χ3n) is 3.77. The van der Waals surface area contributed by atoms with E-state index in [2.05, 4.69) is 0 Å². The molecule has 0 N–H and O–H groups in total. The van der Waals surface area contributed by atoms with Crippen molar-refractivity contribution in [3.63, 3.8) is 0 Å². The molecule has 7 heteroatoms. The zero-order valence-electron chi connectivity index (χ0n) is 15.7. The fraction of sp³-hybridized carbons (Fsp3) is 0.238. The van der Waals surface area contributed by atoms with Gasteiger partial charge in [0.15, 0.2) is 18.1 Å². The molecule has 0 fully saturated rings. The van der Waals surface area contributed by atoms with Gasteiger partial charge in [-0.1, -0.05) is 23.7 Å². The SMILES string of the molecule is COc1cc(/C=C/C(=O)N(C)CCOc2cccc(Cl)c2)ccc1OCC#N. The molecule has 0 saturated carbocycles. The molecule has 0 aromatic heterocycles. The van der Waals surface area contributed by atoms with Crippen LogP contribution in [-0.2, 0) is 4.79 Å². The second kappa shape index (κ2) is 10.9. The van der Waals surface area contributed by atoms with Crippen LogP contribution >= 0.6 is 11.6 Å². The highest BCUT2D eigenvalue weighted by Gasteiger charge is 2.07. The van der Waals surface area contributed by atoms with E-state index in [0.717, 1.165) is 5.56 Å². The van der Waals surface area contributed by atoms with Gasteiger partial charge >= 0.3 is 0 Å². The molecular formula is C21H21ClN2O4. The minimum absolute atomic E-state index is 0.0634. The summed E-state index contributed by atoms with van der Waals surface area (Å²) >= 11 is 5.91. The molecule has 0 unspecified atom stereocenters. The van der Waals surface area contributed by atoms with Crippen LogP contribution in [0.4, 0.5) is 0 Å². The van der Waals surface area contributed by atoms with Crippen molar-refractivity contribution >= 4 is 23.6 Å². The number of benzene rings is 2. The number of likely N-dealkylation sites (N-methyl/N-ethyl adjacent to an activating group) is 1. The van der Waals surface area contributed by atoms with E-state index in [0.29, 0.717) is 35.4 Å². The molecule has 28 heavy (non-hydrogen) atoms. The second-order valence-electron chi connectivity index (χ2n) is 5.76. The zero-order valence-corrected chi connectivity index (χ0v) is 16.5. The number of nitrogens with zero attached hydrogens (tertiary/aromatic N) is 2. The van der Waals surface area contributed by atoms with Crippen molar-refractivity contribution in [2.45, 2.75) is 0 Å². The fourth-order valence-corrected chi connectivity index (χ4v) is 2.46. The van der Waals surface area contributed by atoms with Crippen molar-refractivity contribution in [1.82, 2.24) is 4.90 Å². The lowest BCUT2D eigenvalue weighted by atomic mass is 10.2. The monoisotopic (exact) mass is 400 g/mol. The molecule has 0 aliphatic rings. The van der Waals surface area contributed by atoms with E-state index in [1.807, 2.05) is 12.1 Å². The summed E-state index contributed by atoms with van der Waals surface area (Å²) in [5.41, 5.74) is 0.776. The molecule has 1 amide bonds. The number of methoxy groups -OCH3 is 1. The highest BCUT2D eigenvalue weighted by Crippen LogP contribution is 2.28. The first kappa shape index (κ1) is 21.1. The normalized spacial score (nSPS) is 10.4. The number of amides is 1. The van der Waals surface area contributed by atoms with E-state index >= 15 is 0 Å². The number of carbonyl (C=O) groups excluding carboxylic acids is 1. The van der Waals surface area contributed by atoms with Crippen LogP contribution in [0.15, 0.2) is 48.5 Å². The van der Waals surface area contributed by atoms with E-state index in [4.69, 9.17) is 31.1 Å². The molecule has 0 aliphatic carbocycles. The fourth-order valence-electron chi connectivity index (χ4n) is 2.28. The first-order chi connectivity index (χ1) is 13.5. The predicted octanol–water partition coefficient (Wildman–Crippen LogP) is 3.80. The van der Waals surface area contributed by atoms with E-state index in [1.54, 1.807) is 54.4 Å². The van der Waals surface area contributed by atoms with E-state index < -0.39 is 0 Å². The minimum Gasteiger partial charge on any atom is -0.493 e. The topological polar surface area (TPSA) is 71.8 Å². The Morgan fingerprint density at radius 3 is 2.75 bits per heavy atom. The summed E-state index contributed by atoms with van der Waals surface area (Å²) in [4.78, 5) is 13.8. The van der Waals surface area contributed by atoms with Gasteiger partial charge in [0.05, 0.1) is 13.7 Å². The van der Waals surface area contributed by atoms with E-state index in [-0.39, 0.29) is 12.5 Å². The first-order valence-electron chi connectivity index (χ1n) is 8.53. The van der Waals surface area contributed by atoms with Crippen molar-refractivity contribution in [2.24, 2.45) is 0 Å². The van der Waals surface area contributed by atoms with Gasteiger partial charge in [0.2, 0.25) is 5.91 Å². The minimum atomic E-state index is -0.154. The molecule has 6 nitrogen and oxygen atoms in total. The standard InChI is InChI=1S/C21H21ClN2O4/c1-24(11-13-27-18-5-3-4-17(22)15-18)21(25)9-7-16-6-8-19(28-12-10-23)20(14-16)26-2/h3-9,14-15H,11-13H2,1-2H3/b9-7+. The molecule has 2 rings (SSSR count). The third-order valence-corrected chi connectivity index (χ3v) is 4.00. The Kier molecular flexibility index (Phi) is 8.19. The van der Waals surface area contributed by atoms with Crippen LogP contribution in [0.5, 0.6) is 17.2 Å². The number of halogens is 1. The van der Waals surface area contributed by atoms with Crippen LogP contribution in [0.1, 0.15) is 5.56 Å². The molecule has 146 valence electrons. The Labute approximate surface area is 169 Å². The second-order valence-corrected chi connectivity index (χ2v) is 6.19. The van der Waals surface area contributed by atoms with Crippen molar-refractivity contribution in [3.05, 3.63) is 59.1 Å². The van der Waals surface area contributed by atoms with Crippen LogP contribution in [0.3, 0.4) is 0 Å². The third kappa shape index (κ3) is 6.53. The maximum atomic E-state index is 12.2. The molecule has 0 aliphatic heterocycles. The van der Waals surface area contributed by atoms with Gasteiger partial charge in [0.1, 0.15) is 18.4 Å². The summed E-state index contributed by atoms with van der Waals surface area (Å²) in [5.74, 6) is 1.48. The number of hydrogen-bond acceptors (Lipinski definition) is 5. The maximum absolute atomic E-state index is 12.2. The van der Waals surface area contributed by atoms with Crippen LogP contribution in [0.2, 0.25) is 5.02 Å². The van der Waals surface area contributed by atoms with Crippen LogP contribution in [0, 0.1) is 11.3 Å². The molecule has 0 radical (unpaired) electrons. The lowest BCUT2D eigenvalue weighted by Crippen LogP contribution is -2.29. The molecule has 2 aromatic rings. The lowest BCUT2D eigenvalue weighted by molar-refractivity contribution is -0.125. The summed E-state index contributed by atoms with van der Waals surface area (Å²) in [6, 6.07) is 14.2. The van der Waals surface area contributed by atoms with Gasteiger partial charge in [-0.05, 0) is 42.0 Å². The van der Waals surface area contributed by atoms with Gasteiger partial charge in [0.25, 0.3) is 0 Å². The van der Waals surface area contributed by atoms with Gasteiger partial charge in [-0.3, -0.25) is 4.79 Å². The number of rotatable bonds is 9. The average molecular weight is 401 g/mol. The quantitative estimate of drug-likeness (QED) is 0.598. The Hall–Kier alpha value is -3.17. The Morgan fingerprint density at radius 1 is 1.21 bits per heavy atom. The van der Waals surface area contributed by atoms with E-state index in [9.17, 15) is 4.79 Å². The Morgan fingerprint density at radius 2 is 2.04 bits per heavy atom. The number of ether oxygens (including phenoxy) is 3. The largest absolute Gasteiger partial charge is 0.493 e. The van der Waals surface area contributed by atoms with Gasteiger partial charge in [-0.2, -0.15) is 5.26 Å². The van der Waals surface area contributed by atoms with E-state index in [1.165, 1.54) is 13.2 Å². The van der Waals surface area contributed by atoms with Gasteiger partial charge in [-0.25, -0.2) is 0 Å². The summed E-state index contributed by atoms with van der Waals surface area (Å²) in [6.07, 6.45) is 3.16. The van der Waals surface area contributed by atoms with Crippen molar-refractivity contribution in [3.8, 4) is 23.3 Å². The number of nitriles is 1.